The minimum absolute atomic E-state index is 0.269. The first-order valence-corrected chi connectivity index (χ1v) is 6.05. The maximum Gasteiger partial charge on any atom is 0.0300 e. The lowest BCUT2D eigenvalue weighted by atomic mass is 9.79. The predicted octanol–water partition coefficient (Wildman–Crippen LogP) is 3.36. The SMILES string of the molecule is CCCC1Cc2cc(C)ccc2C(N)C1. The molecule has 0 spiro atoms. The van der Waals surface area contributed by atoms with Gasteiger partial charge in [0.05, 0.1) is 0 Å². The second-order valence-electron chi connectivity index (χ2n) is 4.90. The molecule has 0 bridgehead atoms. The van der Waals surface area contributed by atoms with E-state index >= 15 is 0 Å². The van der Waals surface area contributed by atoms with Crippen molar-refractivity contribution in [2.45, 2.75) is 45.6 Å². The Morgan fingerprint density at radius 3 is 2.93 bits per heavy atom. The molecule has 1 aromatic carbocycles. The van der Waals surface area contributed by atoms with Crippen LogP contribution in [-0.4, -0.2) is 0 Å². The Hall–Kier alpha value is -0.820. The monoisotopic (exact) mass is 203 g/mol. The highest BCUT2D eigenvalue weighted by Gasteiger charge is 2.23. The van der Waals surface area contributed by atoms with Gasteiger partial charge in [-0.1, -0.05) is 43.5 Å². The van der Waals surface area contributed by atoms with Gasteiger partial charge in [-0.2, -0.15) is 0 Å². The van der Waals surface area contributed by atoms with Crippen LogP contribution in [0.4, 0.5) is 0 Å². The topological polar surface area (TPSA) is 26.0 Å². The standard InChI is InChI=1S/C14H21N/c1-3-4-11-8-12-7-10(2)5-6-13(12)14(15)9-11/h5-7,11,14H,3-4,8-9,15H2,1-2H3. The molecule has 82 valence electrons. The summed E-state index contributed by atoms with van der Waals surface area (Å²) in [7, 11) is 0. The number of fused-ring (bicyclic) bond motifs is 1. The van der Waals surface area contributed by atoms with Crippen LogP contribution in [0.25, 0.3) is 0 Å². The van der Waals surface area contributed by atoms with E-state index in [1.54, 1.807) is 0 Å². The molecule has 0 heterocycles. The zero-order valence-corrected chi connectivity index (χ0v) is 9.79. The van der Waals surface area contributed by atoms with Gasteiger partial charge in [0, 0.05) is 6.04 Å². The number of hydrogen-bond acceptors (Lipinski definition) is 1. The predicted molar refractivity (Wildman–Crippen MR) is 64.8 cm³/mol. The van der Waals surface area contributed by atoms with Crippen LogP contribution in [0.3, 0.4) is 0 Å². The second-order valence-corrected chi connectivity index (χ2v) is 4.90. The van der Waals surface area contributed by atoms with Crippen LogP contribution in [0.1, 0.15) is 48.9 Å². The lowest BCUT2D eigenvalue weighted by Gasteiger charge is -2.29. The fourth-order valence-electron chi connectivity index (χ4n) is 2.78. The number of hydrogen-bond donors (Lipinski definition) is 1. The highest BCUT2D eigenvalue weighted by atomic mass is 14.6. The van der Waals surface area contributed by atoms with Gasteiger partial charge in [-0.15, -0.1) is 0 Å². The highest BCUT2D eigenvalue weighted by molar-refractivity contribution is 5.35. The molecule has 0 fully saturated rings. The molecule has 0 saturated carbocycles. The summed E-state index contributed by atoms with van der Waals surface area (Å²) in [5.41, 5.74) is 10.5. The van der Waals surface area contributed by atoms with E-state index in [-0.39, 0.29) is 6.04 Å². The van der Waals surface area contributed by atoms with Crippen molar-refractivity contribution in [2.24, 2.45) is 11.7 Å². The van der Waals surface area contributed by atoms with E-state index < -0.39 is 0 Å². The van der Waals surface area contributed by atoms with Crippen molar-refractivity contribution in [2.75, 3.05) is 0 Å². The Labute approximate surface area is 92.7 Å². The van der Waals surface area contributed by atoms with E-state index in [0.29, 0.717) is 0 Å². The van der Waals surface area contributed by atoms with Crippen molar-refractivity contribution in [3.05, 3.63) is 34.9 Å². The molecule has 2 rings (SSSR count). The molecule has 1 heteroatoms. The first kappa shape index (κ1) is 10.7. The van der Waals surface area contributed by atoms with E-state index in [2.05, 4.69) is 32.0 Å². The van der Waals surface area contributed by atoms with Crippen LogP contribution in [0.2, 0.25) is 0 Å². The third kappa shape index (κ3) is 2.23. The first-order chi connectivity index (χ1) is 7.20. The molecule has 0 amide bonds. The summed E-state index contributed by atoms with van der Waals surface area (Å²) in [4.78, 5) is 0. The molecule has 1 aromatic rings. The van der Waals surface area contributed by atoms with Gasteiger partial charge in [0.2, 0.25) is 0 Å². The first-order valence-electron chi connectivity index (χ1n) is 6.05. The molecule has 1 aliphatic rings. The van der Waals surface area contributed by atoms with Crippen LogP contribution in [-0.2, 0) is 6.42 Å². The average Bonchev–Trinajstić information content (AvgIpc) is 2.17. The Morgan fingerprint density at radius 1 is 1.40 bits per heavy atom. The Bertz CT molecular complexity index is 343. The van der Waals surface area contributed by atoms with Crippen LogP contribution < -0.4 is 5.73 Å². The Kier molecular flexibility index (Phi) is 3.11. The van der Waals surface area contributed by atoms with E-state index in [9.17, 15) is 0 Å². The van der Waals surface area contributed by atoms with E-state index in [1.807, 2.05) is 0 Å². The maximum absolute atomic E-state index is 6.22. The van der Waals surface area contributed by atoms with Gasteiger partial charge in [0.1, 0.15) is 0 Å². The van der Waals surface area contributed by atoms with Crippen LogP contribution in [0, 0.1) is 12.8 Å². The molecule has 15 heavy (non-hydrogen) atoms. The number of aryl methyl sites for hydroxylation is 1. The van der Waals surface area contributed by atoms with E-state index in [0.717, 1.165) is 5.92 Å². The maximum atomic E-state index is 6.22. The summed E-state index contributed by atoms with van der Waals surface area (Å²) < 4.78 is 0. The molecule has 1 aliphatic carbocycles. The fourth-order valence-corrected chi connectivity index (χ4v) is 2.78. The minimum atomic E-state index is 0.269. The van der Waals surface area contributed by atoms with Gasteiger partial charge in [-0.3, -0.25) is 0 Å². The summed E-state index contributed by atoms with van der Waals surface area (Å²) in [6.07, 6.45) is 5.00. The number of rotatable bonds is 2. The Balaban J connectivity index is 2.25. The zero-order chi connectivity index (χ0) is 10.8. The van der Waals surface area contributed by atoms with Gasteiger partial charge in [-0.25, -0.2) is 0 Å². The zero-order valence-electron chi connectivity index (χ0n) is 9.79. The van der Waals surface area contributed by atoms with Gasteiger partial charge >= 0.3 is 0 Å². The molecule has 0 saturated heterocycles. The lowest BCUT2D eigenvalue weighted by Crippen LogP contribution is -2.24. The molecule has 1 nitrogen and oxygen atoms in total. The van der Waals surface area contributed by atoms with Gasteiger partial charge in [0.15, 0.2) is 0 Å². The third-order valence-electron chi connectivity index (χ3n) is 3.49. The third-order valence-corrected chi connectivity index (χ3v) is 3.49. The molecular weight excluding hydrogens is 182 g/mol. The molecule has 0 aliphatic heterocycles. The van der Waals surface area contributed by atoms with Crippen molar-refractivity contribution in [1.29, 1.82) is 0 Å². The lowest BCUT2D eigenvalue weighted by molar-refractivity contribution is 0.380. The quantitative estimate of drug-likeness (QED) is 0.783. The second kappa shape index (κ2) is 4.36. The van der Waals surface area contributed by atoms with Crippen molar-refractivity contribution in [3.8, 4) is 0 Å². The molecule has 0 radical (unpaired) electrons. The summed E-state index contributed by atoms with van der Waals surface area (Å²) >= 11 is 0. The molecule has 2 atom stereocenters. The molecule has 2 N–H and O–H groups in total. The molecule has 2 unspecified atom stereocenters. The smallest absolute Gasteiger partial charge is 0.0300 e. The van der Waals surface area contributed by atoms with Gasteiger partial charge in [0.25, 0.3) is 0 Å². The normalized spacial score (nSPS) is 25.0. The van der Waals surface area contributed by atoms with Crippen LogP contribution in [0.5, 0.6) is 0 Å². The summed E-state index contributed by atoms with van der Waals surface area (Å²) in [5, 5.41) is 0. The highest BCUT2D eigenvalue weighted by Crippen LogP contribution is 2.34. The summed E-state index contributed by atoms with van der Waals surface area (Å²) in [6.45, 7) is 4.42. The van der Waals surface area contributed by atoms with Crippen molar-refractivity contribution in [3.63, 3.8) is 0 Å². The average molecular weight is 203 g/mol. The summed E-state index contributed by atoms with van der Waals surface area (Å²) in [5.74, 6) is 0.805. The van der Waals surface area contributed by atoms with Crippen LogP contribution in [0.15, 0.2) is 18.2 Å². The van der Waals surface area contributed by atoms with Crippen molar-refractivity contribution in [1.82, 2.24) is 0 Å². The van der Waals surface area contributed by atoms with Crippen molar-refractivity contribution >= 4 is 0 Å². The largest absolute Gasteiger partial charge is 0.324 e. The van der Waals surface area contributed by atoms with Gasteiger partial charge in [-0.05, 0) is 36.8 Å². The number of benzene rings is 1. The fraction of sp³-hybridized carbons (Fsp3) is 0.571. The van der Waals surface area contributed by atoms with Gasteiger partial charge < -0.3 is 5.73 Å². The van der Waals surface area contributed by atoms with E-state index in [4.69, 9.17) is 5.73 Å². The van der Waals surface area contributed by atoms with E-state index in [1.165, 1.54) is 42.4 Å². The molecule has 0 aromatic heterocycles. The Morgan fingerprint density at radius 2 is 2.20 bits per heavy atom. The minimum Gasteiger partial charge on any atom is -0.324 e. The molecular formula is C14H21N. The number of nitrogens with two attached hydrogens (primary N) is 1. The summed E-state index contributed by atoms with van der Waals surface area (Å²) in [6, 6.07) is 6.98. The van der Waals surface area contributed by atoms with Crippen LogP contribution >= 0.6 is 0 Å². The van der Waals surface area contributed by atoms with Crippen molar-refractivity contribution < 1.29 is 0 Å².